The minimum atomic E-state index is -0.719. The molecule has 0 radical (unpaired) electrons. The number of rotatable bonds is 3. The Kier molecular flexibility index (Phi) is 2.76. The van der Waals surface area contributed by atoms with Crippen molar-refractivity contribution in [1.82, 2.24) is 0 Å². The molecule has 0 saturated heterocycles. The molecule has 0 fully saturated rings. The van der Waals surface area contributed by atoms with Gasteiger partial charge >= 0.3 is 5.97 Å². The maximum Gasteiger partial charge on any atom is 0.303 e. The molecule has 0 aliphatic heterocycles. The quantitative estimate of drug-likeness (QED) is 0.822. The number of carboxylic acid groups (broad SMARTS) is 1. The van der Waals surface area contributed by atoms with Gasteiger partial charge in [-0.3, -0.25) is 4.79 Å². The van der Waals surface area contributed by atoms with Crippen molar-refractivity contribution in [2.45, 2.75) is 38.5 Å². The van der Waals surface area contributed by atoms with Crippen LogP contribution in [0.25, 0.3) is 0 Å². The Bertz CT molecular complexity index is 382. The molecule has 0 saturated carbocycles. The SMILES string of the molecule is CC1CCc2ccc(CCC(=O)O)cc21. The number of benzene rings is 1. The molecule has 0 bridgehead atoms. The first-order valence-electron chi connectivity index (χ1n) is 5.50. The fourth-order valence-corrected chi connectivity index (χ4v) is 2.27. The van der Waals surface area contributed by atoms with E-state index in [1.807, 2.05) is 0 Å². The molecule has 1 aromatic carbocycles. The van der Waals surface area contributed by atoms with Crippen LogP contribution in [0.4, 0.5) is 0 Å². The average Bonchev–Trinajstić information content (AvgIpc) is 2.57. The van der Waals surface area contributed by atoms with E-state index in [1.165, 1.54) is 24.0 Å². The third-order valence-electron chi connectivity index (χ3n) is 3.22. The van der Waals surface area contributed by atoms with Crippen LogP contribution in [0.15, 0.2) is 18.2 Å². The van der Waals surface area contributed by atoms with E-state index in [-0.39, 0.29) is 6.42 Å². The van der Waals surface area contributed by atoms with Crippen molar-refractivity contribution in [3.63, 3.8) is 0 Å². The van der Waals surface area contributed by atoms with E-state index in [2.05, 4.69) is 25.1 Å². The van der Waals surface area contributed by atoms with E-state index < -0.39 is 5.97 Å². The third-order valence-corrected chi connectivity index (χ3v) is 3.22. The van der Waals surface area contributed by atoms with Crippen molar-refractivity contribution in [3.8, 4) is 0 Å². The topological polar surface area (TPSA) is 37.3 Å². The van der Waals surface area contributed by atoms with Crippen molar-refractivity contribution in [2.24, 2.45) is 0 Å². The molecule has 2 heteroatoms. The summed E-state index contributed by atoms with van der Waals surface area (Å²) in [7, 11) is 0. The summed E-state index contributed by atoms with van der Waals surface area (Å²) in [5.74, 6) is -0.0756. The molecule has 1 N–H and O–H groups in total. The fourth-order valence-electron chi connectivity index (χ4n) is 2.27. The van der Waals surface area contributed by atoms with Crippen molar-refractivity contribution >= 4 is 5.97 Å². The number of fused-ring (bicyclic) bond motifs is 1. The zero-order valence-corrected chi connectivity index (χ0v) is 8.99. The van der Waals surface area contributed by atoms with Gasteiger partial charge in [-0.05, 0) is 41.9 Å². The van der Waals surface area contributed by atoms with Crippen LogP contribution in [0.2, 0.25) is 0 Å². The Hall–Kier alpha value is -1.31. The third kappa shape index (κ3) is 2.20. The molecular weight excluding hydrogens is 188 g/mol. The van der Waals surface area contributed by atoms with Gasteiger partial charge in [-0.2, -0.15) is 0 Å². The first kappa shape index (κ1) is 10.2. The van der Waals surface area contributed by atoms with Crippen LogP contribution in [0.3, 0.4) is 0 Å². The molecule has 0 spiro atoms. The van der Waals surface area contributed by atoms with Crippen molar-refractivity contribution in [1.29, 1.82) is 0 Å². The van der Waals surface area contributed by atoms with Gasteiger partial charge in [0.25, 0.3) is 0 Å². The molecule has 0 amide bonds. The highest BCUT2D eigenvalue weighted by atomic mass is 16.4. The maximum absolute atomic E-state index is 10.5. The van der Waals surface area contributed by atoms with E-state index >= 15 is 0 Å². The molecule has 2 nitrogen and oxygen atoms in total. The smallest absolute Gasteiger partial charge is 0.303 e. The van der Waals surface area contributed by atoms with E-state index in [9.17, 15) is 4.79 Å². The Labute approximate surface area is 89.9 Å². The van der Waals surface area contributed by atoms with Gasteiger partial charge in [0.1, 0.15) is 0 Å². The lowest BCUT2D eigenvalue weighted by molar-refractivity contribution is -0.136. The van der Waals surface area contributed by atoms with Crippen LogP contribution in [-0.2, 0) is 17.6 Å². The zero-order valence-electron chi connectivity index (χ0n) is 8.99. The molecule has 15 heavy (non-hydrogen) atoms. The summed E-state index contributed by atoms with van der Waals surface area (Å²) in [5.41, 5.74) is 4.03. The molecule has 1 aromatic rings. The standard InChI is InChI=1S/C13H16O2/c1-9-2-5-11-6-3-10(8-12(9)11)4-7-13(14)15/h3,6,8-9H,2,4-5,7H2,1H3,(H,14,15). The minimum Gasteiger partial charge on any atom is -0.481 e. The molecule has 0 aromatic heterocycles. The Balaban J connectivity index is 2.14. The summed E-state index contributed by atoms with van der Waals surface area (Å²) in [6.07, 6.45) is 3.29. The lowest BCUT2D eigenvalue weighted by Gasteiger charge is -2.07. The second-order valence-electron chi connectivity index (χ2n) is 4.37. The van der Waals surface area contributed by atoms with Gasteiger partial charge in [-0.15, -0.1) is 0 Å². The summed E-state index contributed by atoms with van der Waals surface area (Å²) in [5, 5.41) is 8.62. The van der Waals surface area contributed by atoms with Crippen molar-refractivity contribution < 1.29 is 9.90 Å². The number of hydrogen-bond acceptors (Lipinski definition) is 1. The van der Waals surface area contributed by atoms with Crippen molar-refractivity contribution in [3.05, 3.63) is 34.9 Å². The zero-order chi connectivity index (χ0) is 10.8. The van der Waals surface area contributed by atoms with Gasteiger partial charge in [0.05, 0.1) is 0 Å². The van der Waals surface area contributed by atoms with Crippen molar-refractivity contribution in [2.75, 3.05) is 0 Å². The summed E-state index contributed by atoms with van der Waals surface area (Å²) < 4.78 is 0. The van der Waals surface area contributed by atoms with Crippen LogP contribution in [-0.4, -0.2) is 11.1 Å². The second kappa shape index (κ2) is 4.05. The Morgan fingerprint density at radius 3 is 3.07 bits per heavy atom. The monoisotopic (exact) mass is 204 g/mol. The highest BCUT2D eigenvalue weighted by Crippen LogP contribution is 2.33. The Morgan fingerprint density at radius 2 is 2.33 bits per heavy atom. The molecule has 1 unspecified atom stereocenters. The van der Waals surface area contributed by atoms with E-state index in [0.29, 0.717) is 12.3 Å². The normalized spacial score (nSPS) is 18.9. The van der Waals surface area contributed by atoms with E-state index in [4.69, 9.17) is 5.11 Å². The second-order valence-corrected chi connectivity index (χ2v) is 4.37. The van der Waals surface area contributed by atoms with Crippen LogP contribution < -0.4 is 0 Å². The lowest BCUT2D eigenvalue weighted by Crippen LogP contribution is -1.98. The van der Waals surface area contributed by atoms with Gasteiger partial charge in [-0.25, -0.2) is 0 Å². The first-order valence-corrected chi connectivity index (χ1v) is 5.50. The van der Waals surface area contributed by atoms with Crippen LogP contribution in [0.5, 0.6) is 0 Å². The fraction of sp³-hybridized carbons (Fsp3) is 0.462. The molecule has 1 aliphatic carbocycles. The number of hydrogen-bond donors (Lipinski definition) is 1. The Morgan fingerprint density at radius 1 is 1.53 bits per heavy atom. The molecular formula is C13H16O2. The summed E-state index contributed by atoms with van der Waals surface area (Å²) >= 11 is 0. The highest BCUT2D eigenvalue weighted by molar-refractivity contribution is 5.67. The molecule has 2 rings (SSSR count). The average molecular weight is 204 g/mol. The van der Waals surface area contributed by atoms with Gasteiger partial charge in [0.15, 0.2) is 0 Å². The van der Waals surface area contributed by atoms with Gasteiger partial charge < -0.3 is 5.11 Å². The predicted molar refractivity (Wildman–Crippen MR) is 59.1 cm³/mol. The number of aliphatic carboxylic acids is 1. The number of carbonyl (C=O) groups is 1. The molecule has 0 heterocycles. The molecule has 80 valence electrons. The van der Waals surface area contributed by atoms with Gasteiger partial charge in [-0.1, -0.05) is 25.1 Å². The molecule has 1 atom stereocenters. The highest BCUT2D eigenvalue weighted by Gasteiger charge is 2.18. The van der Waals surface area contributed by atoms with Crippen LogP contribution in [0.1, 0.15) is 42.4 Å². The lowest BCUT2D eigenvalue weighted by atomic mass is 9.99. The van der Waals surface area contributed by atoms with Crippen LogP contribution in [0, 0.1) is 0 Å². The summed E-state index contributed by atoms with van der Waals surface area (Å²) in [4.78, 5) is 10.5. The first-order chi connectivity index (χ1) is 7.16. The predicted octanol–water partition coefficient (Wildman–Crippen LogP) is 2.75. The van der Waals surface area contributed by atoms with Crippen LogP contribution >= 0.6 is 0 Å². The minimum absolute atomic E-state index is 0.229. The van der Waals surface area contributed by atoms with Gasteiger partial charge in [0.2, 0.25) is 0 Å². The number of aryl methyl sites for hydroxylation is 2. The number of carboxylic acids is 1. The van der Waals surface area contributed by atoms with Gasteiger partial charge in [0, 0.05) is 6.42 Å². The molecule has 1 aliphatic rings. The largest absolute Gasteiger partial charge is 0.481 e. The van der Waals surface area contributed by atoms with E-state index in [0.717, 1.165) is 5.56 Å². The summed E-state index contributed by atoms with van der Waals surface area (Å²) in [6, 6.07) is 6.42. The maximum atomic E-state index is 10.5. The summed E-state index contributed by atoms with van der Waals surface area (Å²) in [6.45, 7) is 2.24. The van der Waals surface area contributed by atoms with E-state index in [1.54, 1.807) is 0 Å².